The van der Waals surface area contributed by atoms with E-state index >= 15 is 0 Å². The van der Waals surface area contributed by atoms with Crippen LogP contribution in [0, 0.1) is 0 Å². The summed E-state index contributed by atoms with van der Waals surface area (Å²) in [7, 11) is 0. The molecule has 1 unspecified atom stereocenters. The fourth-order valence-corrected chi connectivity index (χ4v) is 1.08. The van der Waals surface area contributed by atoms with Crippen molar-refractivity contribution in [1.82, 2.24) is 10.2 Å². The summed E-state index contributed by atoms with van der Waals surface area (Å²) in [4.78, 5) is 11.8. The summed E-state index contributed by atoms with van der Waals surface area (Å²) >= 11 is 0. The van der Waals surface area contributed by atoms with Crippen molar-refractivity contribution in [3.8, 4) is 0 Å². The first-order valence-electron chi connectivity index (χ1n) is 5.02. The van der Waals surface area contributed by atoms with E-state index in [2.05, 4.69) is 16.8 Å². The fraction of sp³-hybridized carbons (Fsp3) is 0.700. The van der Waals surface area contributed by atoms with Gasteiger partial charge in [-0.15, -0.1) is 6.58 Å². The number of piperazine rings is 1. The van der Waals surface area contributed by atoms with Crippen molar-refractivity contribution < 1.29 is 15.0 Å². The summed E-state index contributed by atoms with van der Waals surface area (Å²) in [6.07, 6.45) is 0.732. The molecule has 1 heterocycles. The Bertz CT molecular complexity index is 189. The van der Waals surface area contributed by atoms with Crippen molar-refractivity contribution in [3.63, 3.8) is 0 Å². The third-order valence-electron chi connectivity index (χ3n) is 1.95. The lowest BCUT2D eigenvalue weighted by Gasteiger charge is -2.25. The van der Waals surface area contributed by atoms with E-state index in [0.717, 1.165) is 19.6 Å². The molecule has 5 nitrogen and oxygen atoms in total. The Hall–Kier alpha value is -0.910. The Labute approximate surface area is 90.4 Å². The van der Waals surface area contributed by atoms with Gasteiger partial charge in [0.1, 0.15) is 6.10 Å². The van der Waals surface area contributed by atoms with E-state index in [-0.39, 0.29) is 0 Å². The Morgan fingerprint density at radius 3 is 2.40 bits per heavy atom. The topological polar surface area (TPSA) is 72.8 Å². The molecule has 3 N–H and O–H groups in total. The van der Waals surface area contributed by atoms with Crippen molar-refractivity contribution in [2.75, 3.05) is 32.7 Å². The SMILES string of the molecule is C=CCN1CCNCC1.CC(O)C(=O)O. The molecule has 1 aliphatic rings. The van der Waals surface area contributed by atoms with Crippen molar-refractivity contribution in [3.05, 3.63) is 12.7 Å². The van der Waals surface area contributed by atoms with Crippen molar-refractivity contribution >= 4 is 5.97 Å². The van der Waals surface area contributed by atoms with Gasteiger partial charge in [0.25, 0.3) is 0 Å². The van der Waals surface area contributed by atoms with E-state index in [0.29, 0.717) is 0 Å². The number of aliphatic hydroxyl groups is 1. The first-order valence-corrected chi connectivity index (χ1v) is 5.02. The molecule has 0 radical (unpaired) electrons. The maximum Gasteiger partial charge on any atom is 0.332 e. The van der Waals surface area contributed by atoms with Gasteiger partial charge in [-0.1, -0.05) is 6.08 Å². The second-order valence-corrected chi connectivity index (χ2v) is 3.35. The molecule has 0 aliphatic carbocycles. The summed E-state index contributed by atoms with van der Waals surface area (Å²) < 4.78 is 0. The number of carboxylic acids is 1. The van der Waals surface area contributed by atoms with Gasteiger partial charge >= 0.3 is 5.97 Å². The number of aliphatic hydroxyl groups excluding tert-OH is 1. The summed E-state index contributed by atoms with van der Waals surface area (Å²) in [5, 5.41) is 19.1. The minimum Gasteiger partial charge on any atom is -0.479 e. The highest BCUT2D eigenvalue weighted by Crippen LogP contribution is 1.89. The molecule has 5 heteroatoms. The molecule has 0 bridgehead atoms. The molecule has 88 valence electrons. The average molecular weight is 216 g/mol. The van der Waals surface area contributed by atoms with E-state index in [1.807, 2.05) is 6.08 Å². The normalized spacial score (nSPS) is 18.5. The molecule has 1 atom stereocenters. The molecule has 1 rings (SSSR count). The van der Waals surface area contributed by atoms with Crippen LogP contribution in [0.2, 0.25) is 0 Å². The predicted molar refractivity (Wildman–Crippen MR) is 58.8 cm³/mol. The molecule has 0 aromatic rings. The fourth-order valence-electron chi connectivity index (χ4n) is 1.08. The Morgan fingerprint density at radius 2 is 2.07 bits per heavy atom. The predicted octanol–water partition coefficient (Wildman–Crippen LogP) is -0.471. The Morgan fingerprint density at radius 1 is 1.60 bits per heavy atom. The number of hydrogen-bond donors (Lipinski definition) is 3. The third kappa shape index (κ3) is 8.11. The number of aliphatic carboxylic acids is 1. The van der Waals surface area contributed by atoms with Crippen LogP contribution in [-0.2, 0) is 4.79 Å². The lowest BCUT2D eigenvalue weighted by Crippen LogP contribution is -2.43. The first kappa shape index (κ1) is 14.1. The van der Waals surface area contributed by atoms with E-state index in [9.17, 15) is 4.79 Å². The number of rotatable bonds is 3. The van der Waals surface area contributed by atoms with Gasteiger partial charge in [0.2, 0.25) is 0 Å². The van der Waals surface area contributed by atoms with Gasteiger partial charge in [-0.2, -0.15) is 0 Å². The largest absolute Gasteiger partial charge is 0.479 e. The van der Waals surface area contributed by atoms with Crippen molar-refractivity contribution in [2.24, 2.45) is 0 Å². The van der Waals surface area contributed by atoms with Gasteiger partial charge < -0.3 is 15.5 Å². The van der Waals surface area contributed by atoms with Crippen LogP contribution in [0.4, 0.5) is 0 Å². The van der Waals surface area contributed by atoms with Gasteiger partial charge in [-0.25, -0.2) is 4.79 Å². The lowest BCUT2D eigenvalue weighted by atomic mass is 10.3. The van der Waals surface area contributed by atoms with E-state index in [1.165, 1.54) is 20.0 Å². The van der Waals surface area contributed by atoms with Crippen LogP contribution < -0.4 is 5.32 Å². The number of nitrogens with zero attached hydrogens (tertiary/aromatic N) is 1. The summed E-state index contributed by atoms with van der Waals surface area (Å²) in [6.45, 7) is 10.5. The molecular formula is C10H20N2O3. The highest BCUT2D eigenvalue weighted by Gasteiger charge is 2.05. The van der Waals surface area contributed by atoms with Crippen LogP contribution in [-0.4, -0.2) is 59.9 Å². The zero-order chi connectivity index (χ0) is 11.7. The van der Waals surface area contributed by atoms with Crippen LogP contribution in [0.15, 0.2) is 12.7 Å². The van der Waals surface area contributed by atoms with E-state index < -0.39 is 12.1 Å². The standard InChI is InChI=1S/C7H14N2.C3H6O3/c1-2-5-9-6-3-8-4-7-9;1-2(4)3(5)6/h2,8H,1,3-7H2;2,4H,1H3,(H,5,6). The van der Waals surface area contributed by atoms with Gasteiger partial charge in [0.15, 0.2) is 0 Å². The maximum atomic E-state index is 9.45. The second-order valence-electron chi connectivity index (χ2n) is 3.35. The van der Waals surface area contributed by atoms with Crippen LogP contribution in [0.25, 0.3) is 0 Å². The van der Waals surface area contributed by atoms with Crippen LogP contribution in [0.5, 0.6) is 0 Å². The van der Waals surface area contributed by atoms with Crippen LogP contribution in [0.1, 0.15) is 6.92 Å². The molecular weight excluding hydrogens is 196 g/mol. The molecule has 0 amide bonds. The summed E-state index contributed by atoms with van der Waals surface area (Å²) in [6, 6.07) is 0. The zero-order valence-corrected chi connectivity index (χ0v) is 9.15. The third-order valence-corrected chi connectivity index (χ3v) is 1.95. The maximum absolute atomic E-state index is 9.45. The second kappa shape index (κ2) is 8.40. The van der Waals surface area contributed by atoms with Crippen molar-refractivity contribution in [2.45, 2.75) is 13.0 Å². The number of nitrogens with one attached hydrogen (secondary N) is 1. The molecule has 1 aliphatic heterocycles. The highest BCUT2D eigenvalue weighted by atomic mass is 16.4. The van der Waals surface area contributed by atoms with Crippen molar-refractivity contribution in [1.29, 1.82) is 0 Å². The average Bonchev–Trinajstić information content (AvgIpc) is 2.20. The van der Waals surface area contributed by atoms with Gasteiger partial charge in [0.05, 0.1) is 0 Å². The van der Waals surface area contributed by atoms with E-state index in [1.54, 1.807) is 0 Å². The quantitative estimate of drug-likeness (QED) is 0.556. The monoisotopic (exact) mass is 216 g/mol. The highest BCUT2D eigenvalue weighted by molar-refractivity contribution is 5.71. The molecule has 15 heavy (non-hydrogen) atoms. The minimum absolute atomic E-state index is 1.04. The molecule has 0 aromatic heterocycles. The molecule has 1 fully saturated rings. The number of carbonyl (C=O) groups is 1. The minimum atomic E-state index is -1.23. The molecule has 0 saturated carbocycles. The summed E-state index contributed by atoms with van der Waals surface area (Å²) in [5.41, 5.74) is 0. The number of hydrogen-bond acceptors (Lipinski definition) is 4. The lowest BCUT2D eigenvalue weighted by molar-refractivity contribution is -0.145. The first-order chi connectivity index (χ1) is 7.07. The van der Waals surface area contributed by atoms with Crippen LogP contribution in [0.3, 0.4) is 0 Å². The molecule has 1 saturated heterocycles. The Kier molecular flexibility index (Phi) is 7.89. The van der Waals surface area contributed by atoms with Crippen LogP contribution >= 0.6 is 0 Å². The van der Waals surface area contributed by atoms with Gasteiger partial charge in [-0.3, -0.25) is 4.90 Å². The Balaban J connectivity index is 0.000000288. The van der Waals surface area contributed by atoms with E-state index in [4.69, 9.17) is 10.2 Å². The smallest absolute Gasteiger partial charge is 0.332 e. The number of carboxylic acid groups (broad SMARTS) is 1. The molecule has 0 aromatic carbocycles. The summed E-state index contributed by atoms with van der Waals surface area (Å²) in [5.74, 6) is -1.19. The zero-order valence-electron chi connectivity index (χ0n) is 9.15. The van der Waals surface area contributed by atoms with Gasteiger partial charge in [-0.05, 0) is 6.92 Å². The molecule has 0 spiro atoms. The van der Waals surface area contributed by atoms with Gasteiger partial charge in [0, 0.05) is 32.7 Å².